The van der Waals surface area contributed by atoms with E-state index >= 15 is 0 Å². The molecule has 10 heavy (non-hydrogen) atoms. The summed E-state index contributed by atoms with van der Waals surface area (Å²) in [6, 6.07) is 0. The predicted molar refractivity (Wildman–Crippen MR) is 34.4 cm³/mol. The summed E-state index contributed by atoms with van der Waals surface area (Å²) in [7, 11) is -4.40. The summed E-state index contributed by atoms with van der Waals surface area (Å²) in [6.45, 7) is 0.887. The Labute approximate surface area is 98.6 Å². The number of hydrogen-bond donors (Lipinski definition) is 2. The second kappa shape index (κ2) is 4.75. The molecule has 1 unspecified atom stereocenters. The van der Waals surface area contributed by atoms with E-state index in [9.17, 15) is 13.2 Å². The van der Waals surface area contributed by atoms with Gasteiger partial charge in [0.1, 0.15) is 0 Å². The van der Waals surface area contributed by atoms with Gasteiger partial charge in [-0.15, -0.1) is 0 Å². The molecule has 5 nitrogen and oxygen atoms in total. The maximum Gasteiger partial charge on any atom is 0.324 e. The van der Waals surface area contributed by atoms with E-state index in [1.807, 2.05) is 0 Å². The molecule has 0 heterocycles. The number of rotatable bonds is 2. The third-order valence-electron chi connectivity index (χ3n) is 0.795. The third kappa shape index (κ3) is 4.72. The number of hydrogen-bond acceptors (Lipinski definition) is 3. The van der Waals surface area contributed by atoms with Crippen molar-refractivity contribution in [2.45, 2.75) is 12.2 Å². The Morgan fingerprint density at radius 2 is 1.80 bits per heavy atom. The molecule has 0 amide bonds. The summed E-state index contributed by atoms with van der Waals surface area (Å²) in [5.74, 6) is -1.56. The molecule has 0 rings (SSSR count). The molecule has 0 aromatic carbocycles. The molecule has 56 valence electrons. The van der Waals surface area contributed by atoms with E-state index in [1.165, 1.54) is 0 Å². The van der Waals surface area contributed by atoms with Crippen molar-refractivity contribution >= 4 is 65.0 Å². The van der Waals surface area contributed by atoms with Crippen molar-refractivity contribution in [3.05, 3.63) is 0 Å². The molecule has 0 fully saturated rings. The second-order valence-corrected chi connectivity index (χ2v) is 3.23. The molecule has 0 aliphatic heterocycles. The van der Waals surface area contributed by atoms with E-state index in [4.69, 9.17) is 9.66 Å². The molecule has 7 heteroatoms. The largest absolute Gasteiger partial charge is 0.480 e. The minimum Gasteiger partial charge on any atom is -0.480 e. The normalized spacial score (nSPS) is 13.4. The fraction of sp³-hybridized carbons (Fsp3) is 0.667. The number of carboxylic acid groups (broad SMARTS) is 1. The van der Waals surface area contributed by atoms with Gasteiger partial charge in [0.2, 0.25) is 0 Å². The fourth-order valence-corrected chi connectivity index (χ4v) is 0.382. The van der Waals surface area contributed by atoms with Gasteiger partial charge < -0.3 is 5.11 Å². The van der Waals surface area contributed by atoms with Gasteiger partial charge in [-0.1, -0.05) is 0 Å². The van der Waals surface area contributed by atoms with Crippen molar-refractivity contribution < 1.29 is 22.9 Å². The Balaban J connectivity index is 0. The van der Waals surface area contributed by atoms with Gasteiger partial charge in [0.15, 0.2) is 5.25 Å². The van der Waals surface area contributed by atoms with E-state index in [0.29, 0.717) is 0 Å². The second-order valence-electron chi connectivity index (χ2n) is 1.50. The maximum absolute atomic E-state index is 9.95. The van der Waals surface area contributed by atoms with E-state index in [0.717, 1.165) is 6.92 Å². The third-order valence-corrected chi connectivity index (χ3v) is 1.89. The Hall–Kier alpha value is 0.951. The van der Waals surface area contributed by atoms with Crippen LogP contribution >= 0.6 is 0 Å². The van der Waals surface area contributed by atoms with E-state index < -0.39 is 21.3 Å². The average molecular weight is 291 g/mol. The van der Waals surface area contributed by atoms with Gasteiger partial charge in [-0.3, -0.25) is 9.35 Å². The predicted octanol–water partition coefficient (Wildman–Crippen LogP) is -1.03. The van der Waals surface area contributed by atoms with Crippen molar-refractivity contribution in [1.29, 1.82) is 0 Å². The van der Waals surface area contributed by atoms with E-state index in [2.05, 4.69) is 0 Å². The van der Waals surface area contributed by atoms with Crippen LogP contribution in [0.4, 0.5) is 0 Å². The van der Waals surface area contributed by atoms with Crippen molar-refractivity contribution in [3.63, 3.8) is 0 Å². The van der Waals surface area contributed by atoms with Crippen molar-refractivity contribution in [2.75, 3.05) is 0 Å². The monoisotopic (exact) mass is 292 g/mol. The molecule has 0 aromatic rings. The van der Waals surface area contributed by atoms with Crippen LogP contribution in [0.5, 0.6) is 0 Å². The SMILES string of the molecule is CC(C(=O)O)S(=O)(=O)O.[Ba]. The van der Waals surface area contributed by atoms with Gasteiger partial charge in [-0.2, -0.15) is 8.42 Å². The van der Waals surface area contributed by atoms with Crippen molar-refractivity contribution in [1.82, 2.24) is 0 Å². The molecule has 0 saturated heterocycles. The van der Waals surface area contributed by atoms with Gasteiger partial charge in [0, 0.05) is 48.9 Å². The molecule has 0 aliphatic carbocycles. The maximum atomic E-state index is 9.95. The Kier molecular flexibility index (Phi) is 6.43. The molecule has 1 atom stereocenters. The molecule has 2 N–H and O–H groups in total. The molecule has 2 radical (unpaired) electrons. The van der Waals surface area contributed by atoms with E-state index in [-0.39, 0.29) is 48.9 Å². The van der Waals surface area contributed by atoms with Crippen LogP contribution in [0.25, 0.3) is 0 Å². The first-order valence-corrected chi connectivity index (χ1v) is 3.55. The van der Waals surface area contributed by atoms with Gasteiger partial charge in [-0.05, 0) is 6.92 Å². The molecule has 0 aliphatic rings. The number of aliphatic carboxylic acids is 1. The zero-order valence-corrected chi connectivity index (χ0v) is 10.6. The number of carboxylic acids is 1. The van der Waals surface area contributed by atoms with Gasteiger partial charge >= 0.3 is 5.97 Å². The summed E-state index contributed by atoms with van der Waals surface area (Å²) in [4.78, 5) is 9.81. The first kappa shape index (κ1) is 13.5. The fourth-order valence-electron chi connectivity index (χ4n) is 0.127. The summed E-state index contributed by atoms with van der Waals surface area (Å²) in [5.41, 5.74) is 0. The van der Waals surface area contributed by atoms with Gasteiger partial charge in [0.05, 0.1) is 0 Å². The standard InChI is InChI=1S/C3H6O5S.Ba/c1-2(3(4)5)9(6,7)8;/h2H,1H3,(H,4,5)(H,6,7,8);. The molecule has 0 aromatic heterocycles. The zero-order chi connectivity index (χ0) is 7.65. The minimum absolute atomic E-state index is 0. The van der Waals surface area contributed by atoms with E-state index in [1.54, 1.807) is 0 Å². The van der Waals surface area contributed by atoms with Crippen LogP contribution in [0.3, 0.4) is 0 Å². The first-order chi connectivity index (χ1) is 3.85. The van der Waals surface area contributed by atoms with Crippen LogP contribution in [0.15, 0.2) is 0 Å². The Morgan fingerprint density at radius 1 is 1.50 bits per heavy atom. The van der Waals surface area contributed by atoms with Crippen LogP contribution in [0.2, 0.25) is 0 Å². The number of carbonyl (C=O) groups is 1. The summed E-state index contributed by atoms with van der Waals surface area (Å²) in [6.07, 6.45) is 0. The van der Waals surface area contributed by atoms with Crippen LogP contribution < -0.4 is 0 Å². The smallest absolute Gasteiger partial charge is 0.324 e. The minimum atomic E-state index is -4.40. The zero-order valence-electron chi connectivity index (χ0n) is 5.31. The topological polar surface area (TPSA) is 91.7 Å². The first-order valence-electron chi connectivity index (χ1n) is 2.05. The molecular weight excluding hydrogens is 285 g/mol. The Bertz CT molecular complexity index is 207. The Morgan fingerprint density at radius 3 is 1.80 bits per heavy atom. The molecule has 0 spiro atoms. The van der Waals surface area contributed by atoms with Crippen LogP contribution in [-0.2, 0) is 14.9 Å². The van der Waals surface area contributed by atoms with Gasteiger partial charge in [0.25, 0.3) is 10.1 Å². The van der Waals surface area contributed by atoms with Crippen molar-refractivity contribution in [2.24, 2.45) is 0 Å². The van der Waals surface area contributed by atoms with Gasteiger partial charge in [-0.25, -0.2) is 0 Å². The van der Waals surface area contributed by atoms with Crippen LogP contribution in [0, 0.1) is 0 Å². The molecule has 0 saturated carbocycles. The van der Waals surface area contributed by atoms with Crippen molar-refractivity contribution in [3.8, 4) is 0 Å². The summed E-state index contributed by atoms with van der Waals surface area (Å²) in [5, 5.41) is 6.24. The quantitative estimate of drug-likeness (QED) is 0.501. The molecule has 0 bridgehead atoms. The summed E-state index contributed by atoms with van der Waals surface area (Å²) < 4.78 is 27.9. The average Bonchev–Trinajstić information content (AvgIpc) is 1.62. The summed E-state index contributed by atoms with van der Waals surface area (Å²) >= 11 is 0. The van der Waals surface area contributed by atoms with Crippen LogP contribution in [0.1, 0.15) is 6.92 Å². The molecular formula is C3H6BaO5S. The van der Waals surface area contributed by atoms with Crippen LogP contribution in [-0.4, -0.2) is 78.2 Å².